The third-order valence-electron chi connectivity index (χ3n) is 3.53. The molecule has 6 nitrogen and oxygen atoms in total. The minimum absolute atomic E-state index is 0.103. The van der Waals surface area contributed by atoms with Gasteiger partial charge in [0.2, 0.25) is 11.8 Å². The number of halogens is 2. The number of hydrogen-bond donors (Lipinski definition) is 3. The number of anilines is 1. The van der Waals surface area contributed by atoms with Crippen LogP contribution in [0.1, 0.15) is 28.9 Å². The summed E-state index contributed by atoms with van der Waals surface area (Å²) >= 11 is 0. The molecule has 2 aromatic rings. The van der Waals surface area contributed by atoms with Crippen LogP contribution in [0.25, 0.3) is 0 Å². The lowest BCUT2D eigenvalue weighted by Gasteiger charge is -2.18. The van der Waals surface area contributed by atoms with E-state index in [1.807, 2.05) is 0 Å². The monoisotopic (exact) mass is 361 g/mol. The Morgan fingerprint density at radius 1 is 0.962 bits per heavy atom. The number of carbonyl (C=O) groups excluding carboxylic acids is 3. The molecule has 0 aliphatic heterocycles. The zero-order valence-electron chi connectivity index (χ0n) is 14.1. The predicted molar refractivity (Wildman–Crippen MR) is 91.4 cm³/mol. The molecule has 0 heterocycles. The number of hydrogen-bond acceptors (Lipinski definition) is 3. The van der Waals surface area contributed by atoms with Crippen molar-refractivity contribution >= 4 is 23.4 Å². The molecule has 26 heavy (non-hydrogen) atoms. The van der Waals surface area contributed by atoms with Crippen molar-refractivity contribution < 1.29 is 23.2 Å². The number of carbonyl (C=O) groups is 3. The fourth-order valence-electron chi connectivity index (χ4n) is 2.26. The third kappa shape index (κ3) is 4.62. The summed E-state index contributed by atoms with van der Waals surface area (Å²) in [5, 5.41) is 7.41. The van der Waals surface area contributed by atoms with Crippen LogP contribution in [0, 0.1) is 11.6 Å². The van der Waals surface area contributed by atoms with Gasteiger partial charge in [-0.25, -0.2) is 8.78 Å². The lowest BCUT2D eigenvalue weighted by molar-refractivity contribution is -0.122. The molecule has 2 rings (SSSR count). The SMILES string of the molecule is CNC(=O)C(NC(=O)c1ccc(NC(C)=O)cc1)c1ccc(F)c(F)c1. The van der Waals surface area contributed by atoms with E-state index in [1.54, 1.807) is 0 Å². The zero-order valence-corrected chi connectivity index (χ0v) is 14.1. The van der Waals surface area contributed by atoms with Gasteiger partial charge in [0.05, 0.1) is 0 Å². The first kappa shape index (κ1) is 19.0. The van der Waals surface area contributed by atoms with Crippen molar-refractivity contribution in [3.63, 3.8) is 0 Å². The number of rotatable bonds is 5. The van der Waals surface area contributed by atoms with Gasteiger partial charge in [0.25, 0.3) is 5.91 Å². The van der Waals surface area contributed by atoms with Gasteiger partial charge in [-0.05, 0) is 42.0 Å². The van der Waals surface area contributed by atoms with Gasteiger partial charge in [0, 0.05) is 25.2 Å². The van der Waals surface area contributed by atoms with Crippen LogP contribution in [-0.2, 0) is 9.59 Å². The van der Waals surface area contributed by atoms with Crippen molar-refractivity contribution in [1.82, 2.24) is 10.6 Å². The average Bonchev–Trinajstić information content (AvgIpc) is 2.61. The van der Waals surface area contributed by atoms with Crippen molar-refractivity contribution in [3.05, 3.63) is 65.2 Å². The van der Waals surface area contributed by atoms with Gasteiger partial charge >= 0.3 is 0 Å². The smallest absolute Gasteiger partial charge is 0.252 e. The first-order valence-corrected chi connectivity index (χ1v) is 7.67. The number of likely N-dealkylation sites (N-methyl/N-ethyl adjacent to an activating group) is 1. The molecular formula is C18H17F2N3O3. The Bertz CT molecular complexity index is 838. The van der Waals surface area contributed by atoms with Crippen molar-refractivity contribution in [2.45, 2.75) is 13.0 Å². The maximum atomic E-state index is 13.5. The summed E-state index contributed by atoms with van der Waals surface area (Å²) < 4.78 is 26.6. The molecule has 136 valence electrons. The Kier molecular flexibility index (Phi) is 6.00. The first-order valence-electron chi connectivity index (χ1n) is 7.67. The lowest BCUT2D eigenvalue weighted by atomic mass is 10.0. The fourth-order valence-corrected chi connectivity index (χ4v) is 2.26. The van der Waals surface area contributed by atoms with Crippen LogP contribution in [-0.4, -0.2) is 24.8 Å². The molecule has 0 aromatic heterocycles. The Balaban J connectivity index is 2.22. The minimum Gasteiger partial charge on any atom is -0.357 e. The van der Waals surface area contributed by atoms with E-state index in [1.165, 1.54) is 44.3 Å². The number of nitrogens with one attached hydrogen (secondary N) is 3. The molecular weight excluding hydrogens is 344 g/mol. The van der Waals surface area contributed by atoms with E-state index >= 15 is 0 Å². The molecule has 0 spiro atoms. The van der Waals surface area contributed by atoms with Gasteiger partial charge in [0.1, 0.15) is 6.04 Å². The van der Waals surface area contributed by atoms with E-state index in [0.717, 1.165) is 12.1 Å². The molecule has 0 aliphatic rings. The second-order valence-electron chi connectivity index (χ2n) is 5.45. The summed E-state index contributed by atoms with van der Waals surface area (Å²) in [6, 6.07) is 7.76. The van der Waals surface area contributed by atoms with Crippen LogP contribution < -0.4 is 16.0 Å². The topological polar surface area (TPSA) is 87.3 Å². The van der Waals surface area contributed by atoms with Crippen LogP contribution in [0.2, 0.25) is 0 Å². The van der Waals surface area contributed by atoms with Crippen molar-refractivity contribution in [2.75, 3.05) is 12.4 Å². The highest BCUT2D eigenvalue weighted by molar-refractivity contribution is 5.98. The Hall–Kier alpha value is -3.29. The number of amides is 3. The molecule has 1 unspecified atom stereocenters. The summed E-state index contributed by atoms with van der Waals surface area (Å²) in [6.45, 7) is 1.36. The van der Waals surface area contributed by atoms with Gasteiger partial charge in [-0.1, -0.05) is 6.07 Å². The van der Waals surface area contributed by atoms with Crippen molar-refractivity contribution in [1.29, 1.82) is 0 Å². The third-order valence-corrected chi connectivity index (χ3v) is 3.53. The molecule has 0 aliphatic carbocycles. The van der Waals surface area contributed by atoms with Crippen molar-refractivity contribution in [3.8, 4) is 0 Å². The largest absolute Gasteiger partial charge is 0.357 e. The standard InChI is InChI=1S/C18H17F2N3O3/c1-10(24)22-13-6-3-11(4-7-13)17(25)23-16(18(26)21-2)12-5-8-14(19)15(20)9-12/h3-9,16H,1-2H3,(H,21,26)(H,22,24)(H,23,25). The highest BCUT2D eigenvalue weighted by Gasteiger charge is 2.23. The summed E-state index contributed by atoms with van der Waals surface area (Å²) in [5.74, 6) is -3.59. The summed E-state index contributed by atoms with van der Waals surface area (Å²) in [7, 11) is 1.36. The van der Waals surface area contributed by atoms with Crippen LogP contribution in [0.4, 0.5) is 14.5 Å². The Morgan fingerprint density at radius 2 is 1.62 bits per heavy atom. The second-order valence-corrected chi connectivity index (χ2v) is 5.45. The quantitative estimate of drug-likeness (QED) is 0.763. The molecule has 0 bridgehead atoms. The summed E-state index contributed by atoms with van der Waals surface area (Å²) in [6.07, 6.45) is 0. The maximum absolute atomic E-state index is 13.5. The van der Waals surface area contributed by atoms with E-state index in [-0.39, 0.29) is 17.0 Å². The molecule has 3 N–H and O–H groups in total. The van der Waals surface area contributed by atoms with E-state index < -0.39 is 29.5 Å². The summed E-state index contributed by atoms with van der Waals surface area (Å²) in [5.41, 5.74) is 0.847. The highest BCUT2D eigenvalue weighted by Crippen LogP contribution is 2.18. The average molecular weight is 361 g/mol. The zero-order chi connectivity index (χ0) is 19.3. The molecule has 2 aromatic carbocycles. The van der Waals surface area contributed by atoms with Crippen LogP contribution in [0.15, 0.2) is 42.5 Å². The maximum Gasteiger partial charge on any atom is 0.252 e. The van der Waals surface area contributed by atoms with Gasteiger partial charge in [-0.3, -0.25) is 14.4 Å². The highest BCUT2D eigenvalue weighted by atomic mass is 19.2. The van der Waals surface area contributed by atoms with Gasteiger partial charge < -0.3 is 16.0 Å². The van der Waals surface area contributed by atoms with Crippen molar-refractivity contribution in [2.24, 2.45) is 0 Å². The molecule has 3 amide bonds. The molecule has 0 radical (unpaired) electrons. The number of benzene rings is 2. The lowest BCUT2D eigenvalue weighted by Crippen LogP contribution is -2.39. The van der Waals surface area contributed by atoms with Gasteiger partial charge in [-0.15, -0.1) is 0 Å². The molecule has 0 saturated carbocycles. The minimum atomic E-state index is -1.20. The normalized spacial score (nSPS) is 11.4. The Labute approximate surface area is 148 Å². The predicted octanol–water partition coefficient (Wildman–Crippen LogP) is 2.14. The van der Waals surface area contributed by atoms with E-state index in [0.29, 0.717) is 5.69 Å². The van der Waals surface area contributed by atoms with Crippen LogP contribution >= 0.6 is 0 Å². The first-order chi connectivity index (χ1) is 12.3. The molecule has 0 fully saturated rings. The molecule has 1 atom stereocenters. The van der Waals surface area contributed by atoms with Crippen LogP contribution in [0.3, 0.4) is 0 Å². The summed E-state index contributed by atoms with van der Waals surface area (Å²) in [4.78, 5) is 35.5. The van der Waals surface area contributed by atoms with Gasteiger partial charge in [0.15, 0.2) is 11.6 Å². The van der Waals surface area contributed by atoms with E-state index in [9.17, 15) is 23.2 Å². The van der Waals surface area contributed by atoms with Gasteiger partial charge in [-0.2, -0.15) is 0 Å². The molecule has 0 saturated heterocycles. The Morgan fingerprint density at radius 3 is 2.15 bits per heavy atom. The molecule has 8 heteroatoms. The van der Waals surface area contributed by atoms with E-state index in [4.69, 9.17) is 0 Å². The fraction of sp³-hybridized carbons (Fsp3) is 0.167. The second kappa shape index (κ2) is 8.19. The van der Waals surface area contributed by atoms with E-state index in [2.05, 4.69) is 16.0 Å². The van der Waals surface area contributed by atoms with Crippen LogP contribution in [0.5, 0.6) is 0 Å².